The van der Waals surface area contributed by atoms with Crippen molar-refractivity contribution in [1.29, 1.82) is 0 Å². The highest BCUT2D eigenvalue weighted by atomic mass is 32.1. The summed E-state index contributed by atoms with van der Waals surface area (Å²) < 4.78 is 12.6. The van der Waals surface area contributed by atoms with Crippen molar-refractivity contribution < 1.29 is 19.5 Å². The molecule has 184 valence electrons. The number of anilines is 1. The number of rotatable bonds is 10. The fourth-order valence-electron chi connectivity index (χ4n) is 4.21. The lowest BCUT2D eigenvalue weighted by Gasteiger charge is -2.28. The molecule has 1 fully saturated rings. The van der Waals surface area contributed by atoms with Crippen molar-refractivity contribution in [1.82, 2.24) is 25.6 Å². The highest BCUT2D eigenvalue weighted by Gasteiger charge is 2.21. The van der Waals surface area contributed by atoms with Gasteiger partial charge in [-0.15, -0.1) is 0 Å². The minimum atomic E-state index is -0.341. The molecule has 35 heavy (non-hydrogen) atoms. The third-order valence-electron chi connectivity index (χ3n) is 6.03. The van der Waals surface area contributed by atoms with Gasteiger partial charge in [0.15, 0.2) is 16.7 Å². The Labute approximate surface area is 206 Å². The Morgan fingerprint density at radius 2 is 2.06 bits per heavy atom. The first-order valence-electron chi connectivity index (χ1n) is 11.9. The highest BCUT2D eigenvalue weighted by molar-refractivity contribution is 7.21. The van der Waals surface area contributed by atoms with E-state index >= 15 is 0 Å². The molecule has 1 amide bonds. The Balaban J connectivity index is 1.35. The van der Waals surface area contributed by atoms with E-state index in [4.69, 9.17) is 24.6 Å². The van der Waals surface area contributed by atoms with Crippen molar-refractivity contribution in [2.45, 2.75) is 32.1 Å². The molecular formula is C24H28N6O4S. The predicted octanol–water partition coefficient (Wildman–Crippen LogP) is 3.91. The van der Waals surface area contributed by atoms with Gasteiger partial charge in [-0.05, 0) is 18.9 Å². The van der Waals surface area contributed by atoms with Gasteiger partial charge in [-0.1, -0.05) is 36.3 Å². The van der Waals surface area contributed by atoms with Crippen LogP contribution in [0.25, 0.3) is 32.5 Å². The Bertz CT molecular complexity index is 1300. The zero-order chi connectivity index (χ0) is 24.0. The number of hydrogen-bond donors (Lipinski definition) is 3. The highest BCUT2D eigenvalue weighted by Crippen LogP contribution is 2.39. The van der Waals surface area contributed by atoms with Crippen LogP contribution in [0.1, 0.15) is 32.1 Å². The lowest BCUT2D eigenvalue weighted by atomic mass is 10.1. The van der Waals surface area contributed by atoms with Crippen LogP contribution in [0.15, 0.2) is 30.5 Å². The van der Waals surface area contributed by atoms with Gasteiger partial charge in [0, 0.05) is 36.5 Å². The molecule has 0 spiro atoms. The molecule has 4 heterocycles. The second-order valence-electron chi connectivity index (χ2n) is 8.43. The molecule has 0 atom stereocenters. The van der Waals surface area contributed by atoms with E-state index < -0.39 is 0 Å². The number of unbranched alkanes of at least 4 members (excludes halogenated alkanes) is 3. The van der Waals surface area contributed by atoms with Gasteiger partial charge < -0.3 is 14.4 Å². The lowest BCUT2D eigenvalue weighted by Crippen LogP contribution is -2.36. The number of carbonyl (C=O) groups excluding carboxylic acids is 1. The van der Waals surface area contributed by atoms with Crippen LogP contribution in [-0.4, -0.2) is 64.2 Å². The smallest absolute Gasteiger partial charge is 0.243 e. The summed E-state index contributed by atoms with van der Waals surface area (Å²) in [7, 11) is 0. The van der Waals surface area contributed by atoms with Crippen LogP contribution in [0.3, 0.4) is 0 Å². The van der Waals surface area contributed by atoms with E-state index in [-0.39, 0.29) is 5.91 Å². The summed E-state index contributed by atoms with van der Waals surface area (Å²) in [5.41, 5.74) is 4.42. The van der Waals surface area contributed by atoms with Gasteiger partial charge in [-0.3, -0.25) is 15.1 Å². The maximum Gasteiger partial charge on any atom is 0.243 e. The molecular weight excluding hydrogens is 468 g/mol. The summed E-state index contributed by atoms with van der Waals surface area (Å²) in [4.78, 5) is 23.2. The van der Waals surface area contributed by atoms with Crippen LogP contribution in [0.2, 0.25) is 0 Å². The number of nitrogens with one attached hydrogen (secondary N) is 2. The summed E-state index contributed by atoms with van der Waals surface area (Å²) >= 11 is 1.57. The van der Waals surface area contributed by atoms with Crippen LogP contribution in [0, 0.1) is 0 Å². The van der Waals surface area contributed by atoms with Crippen molar-refractivity contribution in [3.8, 4) is 16.5 Å². The number of nitrogens with zero attached hydrogens (tertiary/aromatic N) is 4. The Morgan fingerprint density at radius 3 is 2.91 bits per heavy atom. The maximum atomic E-state index is 11.1. The molecule has 0 unspecified atom stereocenters. The average molecular weight is 497 g/mol. The number of fused-ring (bicyclic) bond motifs is 2. The number of benzene rings is 1. The number of carbonyl (C=O) groups is 1. The summed E-state index contributed by atoms with van der Waals surface area (Å²) in [6, 6.07) is 7.99. The first-order chi connectivity index (χ1) is 17.2. The van der Waals surface area contributed by atoms with Gasteiger partial charge >= 0.3 is 0 Å². The summed E-state index contributed by atoms with van der Waals surface area (Å²) in [5.74, 6) is 1.24. The molecule has 0 radical (unpaired) electrons. The fourth-order valence-corrected chi connectivity index (χ4v) is 5.20. The van der Waals surface area contributed by atoms with Gasteiger partial charge in [0.05, 0.1) is 41.8 Å². The van der Waals surface area contributed by atoms with E-state index in [1.165, 1.54) is 0 Å². The second-order valence-corrected chi connectivity index (χ2v) is 9.45. The molecule has 4 aromatic rings. The van der Waals surface area contributed by atoms with Gasteiger partial charge in [0.25, 0.3) is 0 Å². The van der Waals surface area contributed by atoms with E-state index in [9.17, 15) is 4.79 Å². The Hall–Kier alpha value is -3.28. The number of amides is 1. The molecule has 1 aliphatic rings. The van der Waals surface area contributed by atoms with Crippen LogP contribution >= 0.6 is 11.3 Å². The normalized spacial score (nSPS) is 14.0. The average Bonchev–Trinajstić information content (AvgIpc) is 3.54. The minimum Gasteiger partial charge on any atom is -0.484 e. The van der Waals surface area contributed by atoms with E-state index in [2.05, 4.69) is 15.1 Å². The monoisotopic (exact) mass is 496 g/mol. The van der Waals surface area contributed by atoms with Crippen LogP contribution in [0.5, 0.6) is 5.06 Å². The molecule has 5 rings (SSSR count). The molecule has 0 aliphatic carbocycles. The van der Waals surface area contributed by atoms with Gasteiger partial charge in [-0.25, -0.2) is 15.4 Å². The molecule has 11 heteroatoms. The van der Waals surface area contributed by atoms with Crippen LogP contribution in [-0.2, 0) is 9.53 Å². The van der Waals surface area contributed by atoms with Crippen molar-refractivity contribution in [2.75, 3.05) is 37.8 Å². The zero-order valence-corrected chi connectivity index (χ0v) is 20.1. The molecule has 0 saturated carbocycles. The predicted molar refractivity (Wildman–Crippen MR) is 134 cm³/mol. The number of morpholine rings is 1. The quantitative estimate of drug-likeness (QED) is 0.171. The first-order valence-corrected chi connectivity index (χ1v) is 12.7. The molecule has 10 nitrogen and oxygen atoms in total. The third-order valence-corrected chi connectivity index (χ3v) is 7.07. The number of ether oxygens (including phenoxy) is 2. The number of aromatic nitrogens is 4. The molecule has 1 aromatic carbocycles. The van der Waals surface area contributed by atoms with Gasteiger partial charge in [0.2, 0.25) is 5.91 Å². The van der Waals surface area contributed by atoms with Crippen molar-refractivity contribution >= 4 is 44.2 Å². The summed E-state index contributed by atoms with van der Waals surface area (Å²) in [6.45, 7) is 3.51. The summed E-state index contributed by atoms with van der Waals surface area (Å²) in [5, 5.41) is 17.6. The molecule has 1 aliphatic heterocycles. The van der Waals surface area contributed by atoms with Crippen molar-refractivity contribution in [3.05, 3.63) is 30.5 Å². The Kier molecular flexibility index (Phi) is 7.36. The van der Waals surface area contributed by atoms with E-state index in [1.807, 2.05) is 30.5 Å². The largest absolute Gasteiger partial charge is 0.484 e. The number of hydrogen-bond acceptors (Lipinski definition) is 9. The number of aromatic amines is 1. The van der Waals surface area contributed by atoms with Gasteiger partial charge in [0.1, 0.15) is 0 Å². The molecule has 3 N–H and O–H groups in total. The number of thiophene rings is 1. The fraction of sp³-hybridized carbons (Fsp3) is 0.417. The minimum absolute atomic E-state index is 0.339. The molecule has 0 bridgehead atoms. The van der Waals surface area contributed by atoms with Crippen molar-refractivity contribution in [2.24, 2.45) is 0 Å². The van der Waals surface area contributed by atoms with Crippen LogP contribution in [0.4, 0.5) is 5.82 Å². The van der Waals surface area contributed by atoms with Crippen LogP contribution < -0.4 is 15.1 Å². The lowest BCUT2D eigenvalue weighted by molar-refractivity contribution is -0.129. The van der Waals surface area contributed by atoms with E-state index in [0.29, 0.717) is 32.1 Å². The topological polar surface area (TPSA) is 125 Å². The maximum absolute atomic E-state index is 11.1. The SMILES string of the molecule is O=C(CCCCCCOc1cc2nc(-c3cccc4[nH]ncc34)nc(N3CCOCC3)c2s1)NO. The van der Waals surface area contributed by atoms with E-state index in [0.717, 1.165) is 76.3 Å². The molecule has 3 aromatic heterocycles. The number of H-pyrrole nitrogens is 1. The van der Waals surface area contributed by atoms with Gasteiger partial charge in [-0.2, -0.15) is 5.10 Å². The van der Waals surface area contributed by atoms with E-state index in [1.54, 1.807) is 16.8 Å². The molecule has 1 saturated heterocycles. The number of hydroxylamine groups is 1. The Morgan fingerprint density at radius 1 is 1.20 bits per heavy atom. The zero-order valence-electron chi connectivity index (χ0n) is 19.3. The summed E-state index contributed by atoms with van der Waals surface area (Å²) in [6.07, 6.45) is 5.67. The third kappa shape index (κ3) is 5.37. The van der Waals surface area contributed by atoms with Crippen molar-refractivity contribution in [3.63, 3.8) is 0 Å². The standard InChI is InChI=1S/C24H28N6O4S/c31-20(29-32)8-3-1-2-4-11-34-21-14-19-22(35-21)24(30-9-12-33-13-10-30)27-23(26-19)16-6-5-7-18-17(16)15-25-28-18/h5-7,14-15,32H,1-4,8-13H2,(H,25,28)(H,29,31). The first kappa shape index (κ1) is 23.5. The second kappa shape index (κ2) is 11.0.